The molecule has 0 saturated heterocycles. The summed E-state index contributed by atoms with van der Waals surface area (Å²) in [5, 5.41) is 0.898. The summed E-state index contributed by atoms with van der Waals surface area (Å²) in [4.78, 5) is 15.2. The average molecular weight is 466 g/mol. The molecule has 0 fully saturated rings. The maximum Gasteiger partial charge on any atom is 0.231 e. The van der Waals surface area contributed by atoms with Gasteiger partial charge in [0.25, 0.3) is 0 Å². The van der Waals surface area contributed by atoms with E-state index in [-0.39, 0.29) is 11.5 Å². The molecule has 0 spiro atoms. The molecule has 32 heavy (non-hydrogen) atoms. The van der Waals surface area contributed by atoms with E-state index in [9.17, 15) is 4.79 Å². The second kappa shape index (κ2) is 8.99. The van der Waals surface area contributed by atoms with Crippen LogP contribution < -0.4 is 9.47 Å². The SMILES string of the molecule is O=C1/C(=C/c2ccc(Cl)c(Cl)c2)Oc2c1ccc1c2CN(CCCc2ccccc2)CO1. The van der Waals surface area contributed by atoms with Gasteiger partial charge in [0.2, 0.25) is 5.78 Å². The Morgan fingerprint density at radius 1 is 1.00 bits per heavy atom. The van der Waals surface area contributed by atoms with Crippen molar-refractivity contribution >= 4 is 35.1 Å². The number of fused-ring (bicyclic) bond motifs is 3. The molecule has 2 aliphatic heterocycles. The maximum absolute atomic E-state index is 12.9. The molecule has 0 bridgehead atoms. The van der Waals surface area contributed by atoms with Crippen LogP contribution in [-0.4, -0.2) is 24.0 Å². The molecule has 3 aromatic rings. The van der Waals surface area contributed by atoms with Crippen LogP contribution in [0, 0.1) is 0 Å². The van der Waals surface area contributed by atoms with E-state index < -0.39 is 0 Å². The van der Waals surface area contributed by atoms with Gasteiger partial charge >= 0.3 is 0 Å². The Bertz CT molecular complexity index is 1210. The van der Waals surface area contributed by atoms with Crippen molar-refractivity contribution in [3.63, 3.8) is 0 Å². The first-order valence-electron chi connectivity index (χ1n) is 10.5. The average Bonchev–Trinajstić information content (AvgIpc) is 3.13. The monoisotopic (exact) mass is 465 g/mol. The van der Waals surface area contributed by atoms with Crippen LogP contribution in [0.5, 0.6) is 11.5 Å². The first kappa shape index (κ1) is 21.1. The summed E-state index contributed by atoms with van der Waals surface area (Å²) in [6.07, 6.45) is 3.74. The number of carbonyl (C=O) groups is 1. The fourth-order valence-electron chi connectivity index (χ4n) is 4.05. The molecular weight excluding hydrogens is 445 g/mol. The highest BCUT2D eigenvalue weighted by atomic mass is 35.5. The summed E-state index contributed by atoms with van der Waals surface area (Å²) in [6, 6.07) is 19.3. The molecule has 4 nitrogen and oxygen atoms in total. The molecule has 0 amide bonds. The fourth-order valence-corrected chi connectivity index (χ4v) is 4.36. The molecule has 0 N–H and O–H groups in total. The van der Waals surface area contributed by atoms with Gasteiger partial charge in [-0.15, -0.1) is 0 Å². The summed E-state index contributed by atoms with van der Waals surface area (Å²) in [5.74, 6) is 1.49. The van der Waals surface area contributed by atoms with Crippen LogP contribution >= 0.6 is 23.2 Å². The minimum absolute atomic E-state index is 0.143. The molecule has 5 rings (SSSR count). The van der Waals surface area contributed by atoms with Crippen molar-refractivity contribution < 1.29 is 14.3 Å². The molecule has 6 heteroatoms. The zero-order valence-corrected chi connectivity index (χ0v) is 18.8. The van der Waals surface area contributed by atoms with Gasteiger partial charge in [0.1, 0.15) is 18.2 Å². The molecule has 2 heterocycles. The van der Waals surface area contributed by atoms with Gasteiger partial charge in [-0.25, -0.2) is 0 Å². The number of nitrogens with zero attached hydrogens (tertiary/aromatic N) is 1. The van der Waals surface area contributed by atoms with E-state index in [4.69, 9.17) is 32.7 Å². The Kier molecular flexibility index (Phi) is 5.92. The van der Waals surface area contributed by atoms with E-state index in [0.29, 0.717) is 34.6 Å². The van der Waals surface area contributed by atoms with Crippen molar-refractivity contribution in [2.24, 2.45) is 0 Å². The fraction of sp³-hybridized carbons (Fsp3) is 0.192. The Labute approximate surface area is 197 Å². The highest BCUT2D eigenvalue weighted by Crippen LogP contribution is 2.42. The molecule has 0 atom stereocenters. The van der Waals surface area contributed by atoms with Crippen LogP contribution in [0.15, 0.2) is 66.4 Å². The Morgan fingerprint density at radius 2 is 1.84 bits per heavy atom. The topological polar surface area (TPSA) is 38.8 Å². The number of rotatable bonds is 5. The van der Waals surface area contributed by atoms with Crippen LogP contribution in [-0.2, 0) is 13.0 Å². The van der Waals surface area contributed by atoms with E-state index in [1.54, 1.807) is 30.3 Å². The van der Waals surface area contributed by atoms with E-state index in [0.717, 1.165) is 36.3 Å². The summed E-state index contributed by atoms with van der Waals surface area (Å²) < 4.78 is 12.0. The van der Waals surface area contributed by atoms with E-state index in [1.807, 2.05) is 12.1 Å². The summed E-state index contributed by atoms with van der Waals surface area (Å²) in [6.45, 7) is 2.11. The molecule has 3 aromatic carbocycles. The Balaban J connectivity index is 1.32. The molecule has 162 valence electrons. The van der Waals surface area contributed by atoms with Crippen LogP contribution in [0.3, 0.4) is 0 Å². The van der Waals surface area contributed by atoms with Crippen molar-refractivity contribution in [2.75, 3.05) is 13.3 Å². The number of ketones is 1. The minimum Gasteiger partial charge on any atom is -0.478 e. The van der Waals surface area contributed by atoms with Gasteiger partial charge in [-0.05, 0) is 54.3 Å². The van der Waals surface area contributed by atoms with Gasteiger partial charge in [-0.3, -0.25) is 9.69 Å². The van der Waals surface area contributed by atoms with E-state index in [1.165, 1.54) is 5.56 Å². The largest absolute Gasteiger partial charge is 0.478 e. The molecule has 0 radical (unpaired) electrons. The third kappa shape index (κ3) is 4.26. The molecule has 0 aromatic heterocycles. The number of halogens is 2. The van der Waals surface area contributed by atoms with Crippen molar-refractivity contribution in [3.8, 4) is 11.5 Å². The van der Waals surface area contributed by atoms with Gasteiger partial charge in [0.15, 0.2) is 5.76 Å². The number of aryl methyl sites for hydroxylation is 1. The van der Waals surface area contributed by atoms with E-state index in [2.05, 4.69) is 29.2 Å². The molecular formula is C26H21Cl2NO3. The number of allylic oxidation sites excluding steroid dienone is 1. The summed E-state index contributed by atoms with van der Waals surface area (Å²) >= 11 is 12.1. The first-order chi connectivity index (χ1) is 15.6. The van der Waals surface area contributed by atoms with Crippen molar-refractivity contribution in [1.82, 2.24) is 4.90 Å². The Hall–Kier alpha value is -2.79. The second-order valence-corrected chi connectivity index (χ2v) is 8.76. The van der Waals surface area contributed by atoms with Gasteiger partial charge in [-0.1, -0.05) is 59.6 Å². The van der Waals surface area contributed by atoms with Gasteiger partial charge < -0.3 is 9.47 Å². The van der Waals surface area contributed by atoms with E-state index >= 15 is 0 Å². The number of hydrogen-bond donors (Lipinski definition) is 0. The third-order valence-corrected chi connectivity index (χ3v) is 6.45. The number of Topliss-reactive ketones (excluding diaryl/α,β-unsaturated/α-hetero) is 1. The van der Waals surface area contributed by atoms with Crippen LogP contribution in [0.1, 0.15) is 33.5 Å². The van der Waals surface area contributed by atoms with Crippen molar-refractivity contribution in [2.45, 2.75) is 19.4 Å². The third-order valence-electron chi connectivity index (χ3n) is 5.71. The molecule has 0 unspecified atom stereocenters. The lowest BCUT2D eigenvalue weighted by atomic mass is 10.0. The highest BCUT2D eigenvalue weighted by molar-refractivity contribution is 6.42. The van der Waals surface area contributed by atoms with Crippen molar-refractivity contribution in [1.29, 1.82) is 0 Å². The number of benzene rings is 3. The lowest BCUT2D eigenvalue weighted by molar-refractivity contribution is 0.0928. The zero-order chi connectivity index (χ0) is 22.1. The number of ether oxygens (including phenoxy) is 2. The van der Waals surface area contributed by atoms with Gasteiger partial charge in [0.05, 0.1) is 21.2 Å². The normalized spacial score (nSPS) is 16.4. The number of hydrogen-bond acceptors (Lipinski definition) is 4. The first-order valence-corrected chi connectivity index (χ1v) is 11.3. The van der Waals surface area contributed by atoms with Crippen LogP contribution in [0.2, 0.25) is 10.0 Å². The predicted molar refractivity (Wildman–Crippen MR) is 127 cm³/mol. The quantitative estimate of drug-likeness (QED) is 0.409. The smallest absolute Gasteiger partial charge is 0.231 e. The molecule has 0 saturated carbocycles. The highest BCUT2D eigenvalue weighted by Gasteiger charge is 2.33. The van der Waals surface area contributed by atoms with Crippen molar-refractivity contribution in [3.05, 3.63) is 98.7 Å². The minimum atomic E-state index is -0.143. The summed E-state index contributed by atoms with van der Waals surface area (Å²) in [5.41, 5.74) is 3.56. The van der Waals surface area contributed by atoms with Crippen LogP contribution in [0.25, 0.3) is 6.08 Å². The predicted octanol–water partition coefficient (Wildman–Crippen LogP) is 6.39. The number of carbonyl (C=O) groups excluding carboxylic acids is 1. The standard InChI is InChI=1S/C26H21Cl2NO3/c27-21-10-8-18(13-22(21)28)14-24-25(30)19-9-11-23-20(26(19)32-24)15-29(16-31-23)12-4-7-17-5-2-1-3-6-17/h1-3,5-6,8-11,13-14H,4,7,12,15-16H2/b24-14-. The van der Waals surface area contributed by atoms with Gasteiger partial charge in [-0.2, -0.15) is 0 Å². The zero-order valence-electron chi connectivity index (χ0n) is 17.3. The summed E-state index contributed by atoms with van der Waals surface area (Å²) in [7, 11) is 0. The molecule has 2 aliphatic rings. The Morgan fingerprint density at radius 3 is 2.66 bits per heavy atom. The van der Waals surface area contributed by atoms with Crippen LogP contribution in [0.4, 0.5) is 0 Å². The second-order valence-electron chi connectivity index (χ2n) is 7.95. The molecule has 0 aliphatic carbocycles. The lowest BCUT2D eigenvalue weighted by Crippen LogP contribution is -2.33. The van der Waals surface area contributed by atoms with Gasteiger partial charge in [0, 0.05) is 13.1 Å². The lowest BCUT2D eigenvalue weighted by Gasteiger charge is -2.29. The maximum atomic E-state index is 12.9.